The average molecular weight is 526 g/mol. The van der Waals surface area contributed by atoms with Crippen LogP contribution < -0.4 is 14.8 Å². The number of nitrogens with zero attached hydrogens (tertiary/aromatic N) is 2. The van der Waals surface area contributed by atoms with Crippen molar-refractivity contribution in [2.24, 2.45) is 0 Å². The Kier molecular flexibility index (Phi) is 10.6. The van der Waals surface area contributed by atoms with Gasteiger partial charge in [-0.3, -0.25) is 4.90 Å². The van der Waals surface area contributed by atoms with E-state index in [1.807, 2.05) is 6.07 Å². The fourth-order valence-electron chi connectivity index (χ4n) is 4.67. The van der Waals surface area contributed by atoms with E-state index in [4.69, 9.17) is 18.9 Å². The summed E-state index contributed by atoms with van der Waals surface area (Å²) in [7, 11) is 3.67. The summed E-state index contributed by atoms with van der Waals surface area (Å²) < 4.78 is 22.6. The molecule has 1 aromatic rings. The number of carbonyl (C=O) groups is 2. The highest BCUT2D eigenvalue weighted by Crippen LogP contribution is 2.45. The van der Waals surface area contributed by atoms with Gasteiger partial charge >= 0.3 is 11.9 Å². The van der Waals surface area contributed by atoms with Gasteiger partial charge in [0.2, 0.25) is 0 Å². The zero-order chi connectivity index (χ0) is 27.7. The van der Waals surface area contributed by atoms with Crippen LogP contribution in [0.2, 0.25) is 0 Å². The molecule has 1 saturated heterocycles. The summed E-state index contributed by atoms with van der Waals surface area (Å²) in [5.74, 6) is 5.37. The van der Waals surface area contributed by atoms with Gasteiger partial charge < -0.3 is 29.2 Å². The molecular weight excluding hydrogens is 486 g/mol. The molecule has 206 valence electrons. The Morgan fingerprint density at radius 3 is 2.13 bits per heavy atom. The minimum Gasteiger partial charge on any atom is -0.493 e. The number of piperazine rings is 1. The van der Waals surface area contributed by atoms with E-state index in [9.17, 15) is 9.59 Å². The van der Waals surface area contributed by atoms with Crippen LogP contribution in [0.25, 0.3) is 0 Å². The predicted octanol–water partition coefficient (Wildman–Crippen LogP) is 2.69. The number of rotatable bonds is 9. The van der Waals surface area contributed by atoms with Crippen LogP contribution in [0.4, 0.5) is 0 Å². The van der Waals surface area contributed by atoms with E-state index in [0.717, 1.165) is 26.2 Å². The minimum absolute atomic E-state index is 0.126. The zero-order valence-electron chi connectivity index (χ0n) is 23.3. The summed E-state index contributed by atoms with van der Waals surface area (Å²) in [5.41, 5.74) is 2.43. The standard InChI is InChI=1S/C29H39N3O6/c1-7-36-28(33)24-20(3)30-21(4)25(29(34)37-8-2)26(24)22-12-11-13-23(35-6)27(22)38-19-10-9-14-32-17-15-31(5)16-18-32/h11-13,26,30H,7-8,14-19H2,1-6H3. The lowest BCUT2D eigenvalue weighted by atomic mass is 9.80. The van der Waals surface area contributed by atoms with Gasteiger partial charge in [-0.25, -0.2) is 9.59 Å². The number of esters is 2. The van der Waals surface area contributed by atoms with Gasteiger partial charge in [-0.2, -0.15) is 0 Å². The number of allylic oxidation sites excluding steroid dienone is 2. The molecule has 0 bridgehead atoms. The molecule has 1 aromatic carbocycles. The lowest BCUT2D eigenvalue weighted by Gasteiger charge is -2.31. The maximum absolute atomic E-state index is 13.2. The van der Waals surface area contributed by atoms with E-state index in [1.165, 1.54) is 0 Å². The summed E-state index contributed by atoms with van der Waals surface area (Å²) in [6, 6.07) is 5.40. The third-order valence-corrected chi connectivity index (χ3v) is 6.60. The second-order valence-corrected chi connectivity index (χ2v) is 9.18. The molecule has 9 heteroatoms. The third kappa shape index (κ3) is 6.88. The van der Waals surface area contributed by atoms with Crippen molar-refractivity contribution in [2.75, 3.05) is 66.7 Å². The fraction of sp³-hybridized carbons (Fsp3) is 0.517. The molecule has 2 aliphatic rings. The summed E-state index contributed by atoms with van der Waals surface area (Å²) >= 11 is 0. The average Bonchev–Trinajstić information content (AvgIpc) is 2.89. The van der Waals surface area contributed by atoms with E-state index >= 15 is 0 Å². The quantitative estimate of drug-likeness (QED) is 0.386. The van der Waals surface area contributed by atoms with E-state index in [0.29, 0.717) is 46.1 Å². The highest BCUT2D eigenvalue weighted by atomic mass is 16.5. The van der Waals surface area contributed by atoms with Gasteiger partial charge in [0, 0.05) is 43.1 Å². The molecule has 0 radical (unpaired) electrons. The maximum atomic E-state index is 13.2. The number of dihydropyridines is 1. The molecule has 0 amide bonds. The third-order valence-electron chi connectivity index (χ3n) is 6.60. The Bertz CT molecular complexity index is 1100. The van der Waals surface area contributed by atoms with Crippen LogP contribution in [-0.4, -0.2) is 88.4 Å². The summed E-state index contributed by atoms with van der Waals surface area (Å²) in [5, 5.41) is 3.16. The summed E-state index contributed by atoms with van der Waals surface area (Å²) in [4.78, 5) is 30.9. The maximum Gasteiger partial charge on any atom is 0.336 e. The van der Waals surface area contributed by atoms with Crippen molar-refractivity contribution in [3.8, 4) is 23.3 Å². The Morgan fingerprint density at radius 2 is 1.58 bits per heavy atom. The first-order valence-electron chi connectivity index (χ1n) is 13.0. The van der Waals surface area contributed by atoms with Crippen LogP contribution in [0.5, 0.6) is 11.5 Å². The highest BCUT2D eigenvalue weighted by Gasteiger charge is 2.40. The minimum atomic E-state index is -0.780. The second kappa shape index (κ2) is 13.9. The van der Waals surface area contributed by atoms with Gasteiger partial charge in [0.1, 0.15) is 6.61 Å². The molecule has 0 aromatic heterocycles. The number of ether oxygens (including phenoxy) is 4. The molecule has 0 aliphatic carbocycles. The number of hydrogen-bond acceptors (Lipinski definition) is 9. The molecule has 0 spiro atoms. The molecule has 2 aliphatic heterocycles. The number of likely N-dealkylation sites (N-methyl/N-ethyl adjacent to an activating group) is 1. The van der Waals surface area contributed by atoms with Crippen molar-refractivity contribution in [1.29, 1.82) is 0 Å². The van der Waals surface area contributed by atoms with Gasteiger partial charge in [-0.1, -0.05) is 24.0 Å². The van der Waals surface area contributed by atoms with Crippen molar-refractivity contribution >= 4 is 11.9 Å². The van der Waals surface area contributed by atoms with Crippen LogP contribution >= 0.6 is 0 Å². The molecule has 2 heterocycles. The summed E-state index contributed by atoms with van der Waals surface area (Å²) in [6.45, 7) is 12.3. The van der Waals surface area contributed by atoms with Crippen LogP contribution in [0.3, 0.4) is 0 Å². The smallest absolute Gasteiger partial charge is 0.336 e. The molecule has 0 saturated carbocycles. The number of carbonyl (C=O) groups excluding carboxylic acids is 2. The number of para-hydroxylation sites is 1. The largest absolute Gasteiger partial charge is 0.493 e. The second-order valence-electron chi connectivity index (χ2n) is 9.18. The molecule has 9 nitrogen and oxygen atoms in total. The lowest BCUT2D eigenvalue weighted by molar-refractivity contribution is -0.139. The van der Waals surface area contributed by atoms with E-state index in [1.54, 1.807) is 46.9 Å². The Hall–Kier alpha value is -3.48. The Labute approximate surface area is 225 Å². The van der Waals surface area contributed by atoms with Gasteiger partial charge in [0.25, 0.3) is 0 Å². The van der Waals surface area contributed by atoms with Crippen LogP contribution in [0.15, 0.2) is 40.7 Å². The zero-order valence-corrected chi connectivity index (χ0v) is 23.3. The topological polar surface area (TPSA) is 89.6 Å². The molecule has 0 atom stereocenters. The molecule has 3 rings (SSSR count). The Morgan fingerprint density at radius 1 is 0.974 bits per heavy atom. The molecule has 1 fully saturated rings. The normalized spacial score (nSPS) is 16.9. The van der Waals surface area contributed by atoms with Crippen molar-refractivity contribution < 1.29 is 28.5 Å². The van der Waals surface area contributed by atoms with Crippen molar-refractivity contribution in [3.63, 3.8) is 0 Å². The molecule has 1 N–H and O–H groups in total. The first-order chi connectivity index (χ1) is 18.3. The number of benzene rings is 1. The fourth-order valence-corrected chi connectivity index (χ4v) is 4.67. The Balaban J connectivity index is 1.97. The van der Waals surface area contributed by atoms with E-state index in [-0.39, 0.29) is 19.8 Å². The highest BCUT2D eigenvalue weighted by molar-refractivity contribution is 6.00. The van der Waals surface area contributed by atoms with Gasteiger partial charge in [0.15, 0.2) is 11.5 Å². The number of hydrogen-bond donors (Lipinski definition) is 1. The molecular formula is C29H39N3O6. The lowest BCUT2D eigenvalue weighted by Crippen LogP contribution is -2.44. The molecule has 38 heavy (non-hydrogen) atoms. The van der Waals surface area contributed by atoms with Gasteiger partial charge in [-0.15, -0.1) is 0 Å². The number of methoxy groups -OCH3 is 1. The molecule has 0 unspecified atom stereocenters. The van der Waals surface area contributed by atoms with Crippen molar-refractivity contribution in [1.82, 2.24) is 15.1 Å². The first kappa shape index (κ1) is 29.1. The van der Waals surface area contributed by atoms with Gasteiger partial charge in [-0.05, 0) is 40.8 Å². The van der Waals surface area contributed by atoms with Crippen molar-refractivity contribution in [3.05, 3.63) is 46.3 Å². The predicted molar refractivity (Wildman–Crippen MR) is 145 cm³/mol. The summed E-state index contributed by atoms with van der Waals surface area (Å²) in [6.07, 6.45) is 0. The monoisotopic (exact) mass is 525 g/mol. The van der Waals surface area contributed by atoms with Crippen molar-refractivity contribution in [2.45, 2.75) is 33.6 Å². The SMILES string of the molecule is CCOC(=O)C1=C(C)NC(C)=C(C(=O)OCC)C1c1cccc(OC)c1OCC#CCN1CCN(C)CC1. The van der Waals surface area contributed by atoms with Gasteiger partial charge in [0.05, 0.1) is 43.9 Å². The van der Waals surface area contributed by atoms with E-state index in [2.05, 4.69) is 34.0 Å². The first-order valence-corrected chi connectivity index (χ1v) is 13.0. The van der Waals surface area contributed by atoms with Crippen LogP contribution in [0.1, 0.15) is 39.2 Å². The number of nitrogens with one attached hydrogen (secondary N) is 1. The van der Waals surface area contributed by atoms with Crippen LogP contribution in [-0.2, 0) is 19.1 Å². The van der Waals surface area contributed by atoms with E-state index < -0.39 is 17.9 Å². The van der Waals surface area contributed by atoms with Crippen LogP contribution in [0, 0.1) is 11.8 Å².